The molecule has 0 radical (unpaired) electrons. The number of anilines is 1. The first-order chi connectivity index (χ1) is 6.09. The second-order valence-electron chi connectivity index (χ2n) is 3.40. The van der Waals surface area contributed by atoms with Gasteiger partial charge < -0.3 is 5.32 Å². The van der Waals surface area contributed by atoms with Gasteiger partial charge in [0.15, 0.2) is 0 Å². The number of rotatable bonds is 3. The number of hydrogen-bond donors (Lipinski definition) is 1. The van der Waals surface area contributed by atoms with Gasteiger partial charge in [0, 0.05) is 20.3 Å². The molecule has 1 N–H and O–H groups in total. The van der Waals surface area contributed by atoms with Crippen LogP contribution in [0.15, 0.2) is 22.7 Å². The summed E-state index contributed by atoms with van der Waals surface area (Å²) in [6.07, 6.45) is 0. The molecule has 1 aromatic carbocycles. The summed E-state index contributed by atoms with van der Waals surface area (Å²) < 4.78 is 2.40. The molecular weight excluding hydrogens is 341 g/mol. The molecule has 1 aromatic rings. The summed E-state index contributed by atoms with van der Waals surface area (Å²) in [6.45, 7) is 5.43. The van der Waals surface area contributed by atoms with E-state index in [1.807, 2.05) is 0 Å². The average molecular weight is 354 g/mol. The smallest absolute Gasteiger partial charge is 0.0352 e. The molecule has 1 nitrogen and oxygen atoms in total. The maximum atomic E-state index is 3.51. The van der Waals surface area contributed by atoms with E-state index in [1.165, 1.54) is 9.26 Å². The van der Waals surface area contributed by atoms with Crippen molar-refractivity contribution in [1.82, 2.24) is 0 Å². The second-order valence-corrected chi connectivity index (χ2v) is 5.42. The highest BCUT2D eigenvalue weighted by Gasteiger charge is 1.98. The van der Waals surface area contributed by atoms with E-state index in [9.17, 15) is 0 Å². The fourth-order valence-corrected chi connectivity index (χ4v) is 1.64. The van der Waals surface area contributed by atoms with Crippen molar-refractivity contribution in [2.75, 3.05) is 11.9 Å². The predicted molar refractivity (Wildman–Crippen MR) is 70.2 cm³/mol. The van der Waals surface area contributed by atoms with Crippen LogP contribution in [0.3, 0.4) is 0 Å². The maximum absolute atomic E-state index is 3.51. The van der Waals surface area contributed by atoms with E-state index in [0.717, 1.165) is 11.0 Å². The first-order valence-corrected chi connectivity index (χ1v) is 6.15. The van der Waals surface area contributed by atoms with Crippen LogP contribution >= 0.6 is 38.5 Å². The van der Waals surface area contributed by atoms with Gasteiger partial charge in [0.25, 0.3) is 0 Å². The molecule has 0 aliphatic rings. The Balaban J connectivity index is 2.63. The first-order valence-electron chi connectivity index (χ1n) is 4.28. The highest BCUT2D eigenvalue weighted by atomic mass is 127. The zero-order chi connectivity index (χ0) is 9.84. The summed E-state index contributed by atoms with van der Waals surface area (Å²) in [5.74, 6) is 0.679. The van der Waals surface area contributed by atoms with Gasteiger partial charge in [-0.1, -0.05) is 13.8 Å². The number of halogens is 2. The SMILES string of the molecule is CC(C)CNc1ccc(I)c(Br)c1. The number of nitrogens with one attached hydrogen (secondary N) is 1. The molecule has 0 saturated carbocycles. The molecule has 0 aromatic heterocycles. The zero-order valence-corrected chi connectivity index (χ0v) is 11.5. The lowest BCUT2D eigenvalue weighted by molar-refractivity contribution is 0.689. The highest BCUT2D eigenvalue weighted by molar-refractivity contribution is 14.1. The lowest BCUT2D eigenvalue weighted by Crippen LogP contribution is -2.07. The van der Waals surface area contributed by atoms with Gasteiger partial charge in [0.1, 0.15) is 0 Å². The maximum Gasteiger partial charge on any atom is 0.0352 e. The Kier molecular flexibility index (Phi) is 4.52. The van der Waals surface area contributed by atoms with Crippen molar-refractivity contribution in [3.05, 3.63) is 26.2 Å². The van der Waals surface area contributed by atoms with Gasteiger partial charge >= 0.3 is 0 Å². The normalized spacial score (nSPS) is 10.5. The van der Waals surface area contributed by atoms with Crippen molar-refractivity contribution in [1.29, 1.82) is 0 Å². The number of hydrogen-bond acceptors (Lipinski definition) is 1. The third-order valence-electron chi connectivity index (χ3n) is 1.63. The Morgan fingerprint density at radius 1 is 1.46 bits per heavy atom. The fraction of sp³-hybridized carbons (Fsp3) is 0.400. The molecule has 72 valence electrons. The summed E-state index contributed by atoms with van der Waals surface area (Å²) in [5, 5.41) is 3.38. The van der Waals surface area contributed by atoms with Crippen molar-refractivity contribution < 1.29 is 0 Å². The van der Waals surface area contributed by atoms with E-state index in [2.05, 4.69) is 75.9 Å². The van der Waals surface area contributed by atoms with Crippen LogP contribution in [0.1, 0.15) is 13.8 Å². The molecule has 0 fully saturated rings. The van der Waals surface area contributed by atoms with E-state index in [1.54, 1.807) is 0 Å². The molecular formula is C10H13BrIN. The van der Waals surface area contributed by atoms with Crippen LogP contribution in [0.4, 0.5) is 5.69 Å². The largest absolute Gasteiger partial charge is 0.385 e. The van der Waals surface area contributed by atoms with Crippen molar-refractivity contribution >= 4 is 44.2 Å². The molecule has 3 heteroatoms. The van der Waals surface area contributed by atoms with Gasteiger partial charge in [0.2, 0.25) is 0 Å². The molecule has 0 amide bonds. The van der Waals surface area contributed by atoms with E-state index in [4.69, 9.17) is 0 Å². The molecule has 0 bridgehead atoms. The predicted octanol–water partition coefficient (Wildman–Crippen LogP) is 4.12. The molecule has 0 aliphatic carbocycles. The summed E-state index contributed by atoms with van der Waals surface area (Å²) in [5.41, 5.74) is 1.18. The lowest BCUT2D eigenvalue weighted by atomic mass is 10.2. The van der Waals surface area contributed by atoms with Gasteiger partial charge in [-0.15, -0.1) is 0 Å². The zero-order valence-electron chi connectivity index (χ0n) is 7.77. The van der Waals surface area contributed by atoms with Crippen LogP contribution in [0.25, 0.3) is 0 Å². The lowest BCUT2D eigenvalue weighted by Gasteiger charge is -2.09. The Labute approximate surface area is 102 Å². The van der Waals surface area contributed by atoms with Crippen LogP contribution in [0.5, 0.6) is 0 Å². The van der Waals surface area contributed by atoms with E-state index >= 15 is 0 Å². The standard InChI is InChI=1S/C10H13BrIN/c1-7(2)6-13-8-3-4-10(12)9(11)5-8/h3-5,7,13H,6H2,1-2H3. The Hall–Kier alpha value is 0.230. The minimum Gasteiger partial charge on any atom is -0.385 e. The van der Waals surface area contributed by atoms with Gasteiger partial charge in [-0.25, -0.2) is 0 Å². The molecule has 0 saturated heterocycles. The monoisotopic (exact) mass is 353 g/mol. The van der Waals surface area contributed by atoms with E-state index in [0.29, 0.717) is 5.92 Å². The van der Waals surface area contributed by atoms with Crippen molar-refractivity contribution in [2.45, 2.75) is 13.8 Å². The van der Waals surface area contributed by atoms with Crippen LogP contribution in [0.2, 0.25) is 0 Å². The van der Waals surface area contributed by atoms with Gasteiger partial charge in [-0.3, -0.25) is 0 Å². The Morgan fingerprint density at radius 2 is 2.15 bits per heavy atom. The average Bonchev–Trinajstić information content (AvgIpc) is 2.07. The first kappa shape index (κ1) is 11.3. The van der Waals surface area contributed by atoms with Crippen molar-refractivity contribution in [3.8, 4) is 0 Å². The van der Waals surface area contributed by atoms with Crippen LogP contribution in [-0.2, 0) is 0 Å². The van der Waals surface area contributed by atoms with Crippen LogP contribution in [0, 0.1) is 9.49 Å². The summed E-state index contributed by atoms with van der Waals surface area (Å²) >= 11 is 5.81. The minimum atomic E-state index is 0.679. The molecule has 1 rings (SSSR count). The van der Waals surface area contributed by atoms with Crippen LogP contribution in [-0.4, -0.2) is 6.54 Å². The minimum absolute atomic E-state index is 0.679. The second kappa shape index (κ2) is 5.20. The van der Waals surface area contributed by atoms with Gasteiger partial charge in [0.05, 0.1) is 0 Å². The molecule has 13 heavy (non-hydrogen) atoms. The van der Waals surface area contributed by atoms with Gasteiger partial charge in [-0.05, 0) is 62.6 Å². The van der Waals surface area contributed by atoms with E-state index in [-0.39, 0.29) is 0 Å². The topological polar surface area (TPSA) is 12.0 Å². The quantitative estimate of drug-likeness (QED) is 0.806. The highest BCUT2D eigenvalue weighted by Crippen LogP contribution is 2.22. The van der Waals surface area contributed by atoms with Crippen molar-refractivity contribution in [3.63, 3.8) is 0 Å². The van der Waals surface area contributed by atoms with Gasteiger partial charge in [-0.2, -0.15) is 0 Å². The molecule has 0 heterocycles. The van der Waals surface area contributed by atoms with Crippen molar-refractivity contribution in [2.24, 2.45) is 5.92 Å². The van der Waals surface area contributed by atoms with E-state index < -0.39 is 0 Å². The third kappa shape index (κ3) is 3.85. The number of benzene rings is 1. The molecule has 0 atom stereocenters. The summed E-state index contributed by atoms with van der Waals surface area (Å²) in [6, 6.07) is 6.33. The Morgan fingerprint density at radius 3 is 2.69 bits per heavy atom. The summed E-state index contributed by atoms with van der Waals surface area (Å²) in [4.78, 5) is 0. The Bertz CT molecular complexity index is 286. The fourth-order valence-electron chi connectivity index (χ4n) is 0.928. The third-order valence-corrected chi connectivity index (χ3v) is 3.97. The molecule has 0 unspecified atom stereocenters. The summed E-state index contributed by atoms with van der Waals surface area (Å²) in [7, 11) is 0. The van der Waals surface area contributed by atoms with Crippen LogP contribution < -0.4 is 5.32 Å². The molecule has 0 spiro atoms. The molecule has 0 aliphatic heterocycles.